The van der Waals surface area contributed by atoms with E-state index in [2.05, 4.69) is 15.9 Å². The summed E-state index contributed by atoms with van der Waals surface area (Å²) in [5.41, 5.74) is 0.673. The van der Waals surface area contributed by atoms with Crippen LogP contribution in [0.15, 0.2) is 22.7 Å². The third-order valence-electron chi connectivity index (χ3n) is 3.28. The van der Waals surface area contributed by atoms with E-state index >= 15 is 0 Å². The van der Waals surface area contributed by atoms with Crippen LogP contribution >= 0.6 is 15.9 Å². The van der Waals surface area contributed by atoms with Crippen molar-refractivity contribution in [2.75, 3.05) is 20.3 Å². The summed E-state index contributed by atoms with van der Waals surface area (Å²) in [7, 11) is 1.59. The van der Waals surface area contributed by atoms with Gasteiger partial charge in [-0.15, -0.1) is 0 Å². The molecule has 0 aliphatic carbocycles. The van der Waals surface area contributed by atoms with Crippen molar-refractivity contribution in [3.05, 3.63) is 28.2 Å². The predicted octanol–water partition coefficient (Wildman–Crippen LogP) is 3.46. The predicted molar refractivity (Wildman–Crippen MR) is 73.2 cm³/mol. The molecule has 1 aliphatic heterocycles. The van der Waals surface area contributed by atoms with E-state index in [0.29, 0.717) is 23.7 Å². The molecule has 0 unspecified atom stereocenters. The molecule has 0 aromatic heterocycles. The van der Waals surface area contributed by atoms with E-state index in [1.807, 2.05) is 18.2 Å². The van der Waals surface area contributed by atoms with Gasteiger partial charge in [0.15, 0.2) is 5.78 Å². The summed E-state index contributed by atoms with van der Waals surface area (Å²) < 4.78 is 11.5. The Morgan fingerprint density at radius 2 is 2.17 bits per heavy atom. The molecular weight excluding hydrogens is 296 g/mol. The van der Waals surface area contributed by atoms with Crippen LogP contribution in [0.5, 0.6) is 5.75 Å². The molecule has 0 radical (unpaired) electrons. The van der Waals surface area contributed by atoms with E-state index in [-0.39, 0.29) is 5.78 Å². The van der Waals surface area contributed by atoms with E-state index in [9.17, 15) is 4.79 Å². The van der Waals surface area contributed by atoms with E-state index in [1.165, 1.54) is 0 Å². The van der Waals surface area contributed by atoms with Crippen molar-refractivity contribution in [1.82, 2.24) is 0 Å². The molecule has 4 heteroatoms. The lowest BCUT2D eigenvalue weighted by atomic mass is 9.92. The van der Waals surface area contributed by atoms with Crippen LogP contribution in [0.4, 0.5) is 0 Å². The number of halogens is 1. The zero-order valence-electron chi connectivity index (χ0n) is 10.4. The average Bonchev–Trinajstić information content (AvgIpc) is 2.39. The van der Waals surface area contributed by atoms with E-state index in [0.717, 1.165) is 30.5 Å². The van der Waals surface area contributed by atoms with Crippen LogP contribution in [-0.4, -0.2) is 26.1 Å². The summed E-state index contributed by atoms with van der Waals surface area (Å²) in [5.74, 6) is 1.24. The first-order valence-corrected chi connectivity index (χ1v) is 6.94. The molecule has 0 saturated carbocycles. The maximum absolute atomic E-state index is 12.3. The molecule has 1 aliphatic rings. The number of ether oxygens (including phenoxy) is 2. The minimum absolute atomic E-state index is 0.159. The van der Waals surface area contributed by atoms with Crippen LogP contribution in [0.25, 0.3) is 0 Å². The lowest BCUT2D eigenvalue weighted by Gasteiger charge is -2.21. The number of ketones is 1. The fourth-order valence-electron chi connectivity index (χ4n) is 2.22. The molecule has 98 valence electrons. The number of hydrogen-bond donors (Lipinski definition) is 0. The van der Waals surface area contributed by atoms with Crippen molar-refractivity contribution < 1.29 is 14.3 Å². The number of carbonyl (C=O) groups excluding carboxylic acids is 1. The number of Topliss-reactive ketones (excluding diaryl/α,β-unsaturated/α-hetero) is 1. The van der Waals surface area contributed by atoms with Crippen LogP contribution in [0.2, 0.25) is 0 Å². The normalized spacial score (nSPS) is 16.6. The van der Waals surface area contributed by atoms with Crippen LogP contribution in [-0.2, 0) is 4.74 Å². The highest BCUT2D eigenvalue weighted by Crippen LogP contribution is 2.27. The molecular formula is C14H17BrO3. The molecule has 18 heavy (non-hydrogen) atoms. The van der Waals surface area contributed by atoms with Gasteiger partial charge in [0.25, 0.3) is 0 Å². The summed E-state index contributed by atoms with van der Waals surface area (Å²) in [6, 6.07) is 5.53. The molecule has 0 spiro atoms. The summed E-state index contributed by atoms with van der Waals surface area (Å²) >= 11 is 3.38. The Labute approximate surface area is 116 Å². The first-order valence-electron chi connectivity index (χ1n) is 6.15. The number of rotatable bonds is 4. The molecule has 1 fully saturated rings. The van der Waals surface area contributed by atoms with Gasteiger partial charge in [0.1, 0.15) is 5.75 Å². The number of benzene rings is 1. The maximum atomic E-state index is 12.3. The second kappa shape index (κ2) is 6.34. The molecule has 0 atom stereocenters. The van der Waals surface area contributed by atoms with Gasteiger partial charge in [0.2, 0.25) is 0 Å². The lowest BCUT2D eigenvalue weighted by molar-refractivity contribution is 0.0600. The Morgan fingerprint density at radius 3 is 2.83 bits per heavy atom. The van der Waals surface area contributed by atoms with Gasteiger partial charge in [-0.3, -0.25) is 4.79 Å². The Morgan fingerprint density at radius 1 is 1.44 bits per heavy atom. The van der Waals surface area contributed by atoms with Gasteiger partial charge in [-0.1, -0.05) is 15.9 Å². The van der Waals surface area contributed by atoms with Gasteiger partial charge in [0.05, 0.1) is 12.7 Å². The highest BCUT2D eigenvalue weighted by Gasteiger charge is 2.20. The summed E-state index contributed by atoms with van der Waals surface area (Å²) in [6.45, 7) is 1.55. The summed E-state index contributed by atoms with van der Waals surface area (Å²) in [5, 5.41) is 0. The number of methoxy groups -OCH3 is 1. The molecule has 1 saturated heterocycles. The number of hydrogen-bond acceptors (Lipinski definition) is 3. The smallest absolute Gasteiger partial charge is 0.166 e. The Hall–Kier alpha value is -0.870. The minimum Gasteiger partial charge on any atom is -0.496 e. The Balaban J connectivity index is 2.08. The van der Waals surface area contributed by atoms with Crippen molar-refractivity contribution in [3.8, 4) is 5.75 Å². The summed E-state index contributed by atoms with van der Waals surface area (Å²) in [4.78, 5) is 12.3. The molecule has 1 aromatic rings. The van der Waals surface area contributed by atoms with E-state index in [1.54, 1.807) is 7.11 Å². The van der Waals surface area contributed by atoms with Crippen LogP contribution in [0.1, 0.15) is 29.6 Å². The molecule has 3 nitrogen and oxygen atoms in total. The van der Waals surface area contributed by atoms with Crippen molar-refractivity contribution >= 4 is 21.7 Å². The third kappa shape index (κ3) is 3.33. The van der Waals surface area contributed by atoms with Gasteiger partial charge >= 0.3 is 0 Å². The van der Waals surface area contributed by atoms with Crippen LogP contribution < -0.4 is 4.74 Å². The first-order chi connectivity index (χ1) is 8.70. The van der Waals surface area contributed by atoms with Crippen molar-refractivity contribution in [3.63, 3.8) is 0 Å². The zero-order chi connectivity index (χ0) is 13.0. The van der Waals surface area contributed by atoms with Gasteiger partial charge in [-0.05, 0) is 37.0 Å². The average molecular weight is 313 g/mol. The van der Waals surface area contributed by atoms with Crippen LogP contribution in [0, 0.1) is 5.92 Å². The van der Waals surface area contributed by atoms with Crippen molar-refractivity contribution in [2.24, 2.45) is 5.92 Å². The van der Waals surface area contributed by atoms with E-state index in [4.69, 9.17) is 9.47 Å². The largest absolute Gasteiger partial charge is 0.496 e. The van der Waals surface area contributed by atoms with Crippen molar-refractivity contribution in [1.29, 1.82) is 0 Å². The number of carbonyl (C=O) groups is 1. The molecule has 1 heterocycles. The fourth-order valence-corrected chi connectivity index (χ4v) is 2.56. The molecule has 1 aromatic carbocycles. The lowest BCUT2D eigenvalue weighted by Crippen LogP contribution is -2.19. The van der Waals surface area contributed by atoms with E-state index < -0.39 is 0 Å². The fraction of sp³-hybridized carbons (Fsp3) is 0.500. The van der Waals surface area contributed by atoms with Gasteiger partial charge < -0.3 is 9.47 Å². The zero-order valence-corrected chi connectivity index (χ0v) is 12.0. The van der Waals surface area contributed by atoms with Gasteiger partial charge in [-0.2, -0.15) is 0 Å². The molecule has 2 rings (SSSR count). The molecule has 0 amide bonds. The standard InChI is InChI=1S/C14H17BrO3/c1-17-14-9-11(15)2-3-12(14)13(16)8-10-4-6-18-7-5-10/h2-3,9-10H,4-8H2,1H3. The second-order valence-electron chi connectivity index (χ2n) is 4.53. The van der Waals surface area contributed by atoms with Gasteiger partial charge in [0, 0.05) is 24.1 Å². The quantitative estimate of drug-likeness (QED) is 0.799. The van der Waals surface area contributed by atoms with Crippen LogP contribution in [0.3, 0.4) is 0 Å². The molecule has 0 bridgehead atoms. The summed E-state index contributed by atoms with van der Waals surface area (Å²) in [6.07, 6.45) is 2.54. The highest BCUT2D eigenvalue weighted by atomic mass is 79.9. The minimum atomic E-state index is 0.159. The molecule has 0 N–H and O–H groups in total. The SMILES string of the molecule is COc1cc(Br)ccc1C(=O)CC1CCOCC1. The highest BCUT2D eigenvalue weighted by molar-refractivity contribution is 9.10. The monoisotopic (exact) mass is 312 g/mol. The first kappa shape index (κ1) is 13.6. The topological polar surface area (TPSA) is 35.5 Å². The third-order valence-corrected chi connectivity index (χ3v) is 3.77. The van der Waals surface area contributed by atoms with Crippen molar-refractivity contribution in [2.45, 2.75) is 19.3 Å². The van der Waals surface area contributed by atoms with Gasteiger partial charge in [-0.25, -0.2) is 0 Å². The Bertz CT molecular complexity index is 425. The maximum Gasteiger partial charge on any atom is 0.166 e. The Kier molecular flexibility index (Phi) is 4.78. The second-order valence-corrected chi connectivity index (χ2v) is 5.44.